The van der Waals surface area contributed by atoms with Crippen LogP contribution in [0.4, 0.5) is 4.39 Å². The molecular formula is C14H10Br2ClFOS. The smallest absolute Gasteiger partial charge is 0.148 e. The largest absolute Gasteiger partial charge is 0.387 e. The van der Waals surface area contributed by atoms with Crippen molar-refractivity contribution in [2.45, 2.75) is 11.0 Å². The molecule has 0 spiro atoms. The molecule has 2 aromatic rings. The number of halogens is 4. The average molecular weight is 441 g/mol. The van der Waals surface area contributed by atoms with Gasteiger partial charge in [-0.15, -0.1) is 11.8 Å². The van der Waals surface area contributed by atoms with Gasteiger partial charge in [0.05, 0.1) is 11.1 Å². The first kappa shape index (κ1) is 16.3. The molecule has 0 fully saturated rings. The van der Waals surface area contributed by atoms with Crippen LogP contribution in [0.3, 0.4) is 0 Å². The van der Waals surface area contributed by atoms with E-state index in [1.165, 1.54) is 17.8 Å². The molecule has 1 nitrogen and oxygen atoms in total. The van der Waals surface area contributed by atoms with Gasteiger partial charge in [0.15, 0.2) is 0 Å². The van der Waals surface area contributed by atoms with Crippen LogP contribution in [0.1, 0.15) is 11.7 Å². The maximum atomic E-state index is 14.0. The minimum atomic E-state index is -0.912. The Bertz CT molecular complexity index is 624. The van der Waals surface area contributed by atoms with Gasteiger partial charge in [-0.3, -0.25) is 0 Å². The molecule has 0 radical (unpaired) electrons. The fraction of sp³-hybridized carbons (Fsp3) is 0.143. The van der Waals surface area contributed by atoms with Crippen LogP contribution in [-0.4, -0.2) is 10.9 Å². The highest BCUT2D eigenvalue weighted by atomic mass is 79.9. The summed E-state index contributed by atoms with van der Waals surface area (Å²) in [6.07, 6.45) is -0.912. The normalized spacial score (nSPS) is 12.4. The van der Waals surface area contributed by atoms with Crippen molar-refractivity contribution in [3.05, 3.63) is 61.7 Å². The van der Waals surface area contributed by atoms with Crippen molar-refractivity contribution < 1.29 is 9.50 Å². The number of benzene rings is 2. The molecule has 0 aromatic heterocycles. The van der Waals surface area contributed by atoms with E-state index in [1.54, 1.807) is 6.07 Å². The molecule has 6 heteroatoms. The zero-order chi connectivity index (χ0) is 14.7. The second-order valence-corrected chi connectivity index (χ2v) is 7.29. The Balaban J connectivity index is 2.09. The summed E-state index contributed by atoms with van der Waals surface area (Å²) in [6, 6.07) is 10.9. The molecule has 0 aliphatic rings. The summed E-state index contributed by atoms with van der Waals surface area (Å²) in [5, 5.41) is 10.1. The summed E-state index contributed by atoms with van der Waals surface area (Å²) in [5.41, 5.74) is 0.209. The Morgan fingerprint density at radius 3 is 2.70 bits per heavy atom. The Kier molecular flexibility index (Phi) is 5.93. The first-order chi connectivity index (χ1) is 9.49. The van der Waals surface area contributed by atoms with E-state index in [0.29, 0.717) is 10.2 Å². The van der Waals surface area contributed by atoms with Crippen molar-refractivity contribution in [3.8, 4) is 0 Å². The summed E-state index contributed by atoms with van der Waals surface area (Å²) in [4.78, 5) is 1.00. The van der Waals surface area contributed by atoms with Crippen LogP contribution in [0.2, 0.25) is 5.02 Å². The number of hydrogen-bond acceptors (Lipinski definition) is 2. The molecule has 0 bridgehead atoms. The van der Waals surface area contributed by atoms with Crippen molar-refractivity contribution in [2.24, 2.45) is 0 Å². The number of thioether (sulfide) groups is 1. The molecule has 0 heterocycles. The molecule has 0 saturated carbocycles. The van der Waals surface area contributed by atoms with E-state index in [-0.39, 0.29) is 10.6 Å². The molecule has 2 rings (SSSR count). The molecule has 0 saturated heterocycles. The second kappa shape index (κ2) is 7.27. The van der Waals surface area contributed by atoms with Crippen molar-refractivity contribution in [3.63, 3.8) is 0 Å². The summed E-state index contributed by atoms with van der Waals surface area (Å²) < 4.78 is 15.4. The van der Waals surface area contributed by atoms with Gasteiger partial charge in [-0.25, -0.2) is 4.39 Å². The summed E-state index contributed by atoms with van der Waals surface area (Å²) in [6.45, 7) is 0. The van der Waals surface area contributed by atoms with E-state index in [1.807, 2.05) is 24.3 Å². The van der Waals surface area contributed by atoms with Crippen LogP contribution in [0, 0.1) is 5.82 Å². The fourth-order valence-electron chi connectivity index (χ4n) is 1.62. The first-order valence-corrected chi connectivity index (χ1v) is 8.64. The second-order valence-electron chi connectivity index (χ2n) is 4.05. The fourth-order valence-corrected chi connectivity index (χ4v) is 3.56. The first-order valence-electron chi connectivity index (χ1n) is 5.69. The average Bonchev–Trinajstić information content (AvgIpc) is 2.42. The van der Waals surface area contributed by atoms with Crippen LogP contribution in [-0.2, 0) is 0 Å². The van der Waals surface area contributed by atoms with Gasteiger partial charge in [-0.2, -0.15) is 0 Å². The Morgan fingerprint density at radius 2 is 2.00 bits per heavy atom. The summed E-state index contributed by atoms with van der Waals surface area (Å²) >= 11 is 13.8. The molecule has 1 atom stereocenters. The number of hydrogen-bond donors (Lipinski definition) is 1. The van der Waals surface area contributed by atoms with Crippen molar-refractivity contribution in [1.82, 2.24) is 0 Å². The number of aliphatic hydroxyl groups is 1. The van der Waals surface area contributed by atoms with E-state index in [9.17, 15) is 9.50 Å². The highest BCUT2D eigenvalue weighted by Gasteiger charge is 2.17. The lowest BCUT2D eigenvalue weighted by Crippen LogP contribution is -2.04. The van der Waals surface area contributed by atoms with Crippen LogP contribution in [0.5, 0.6) is 0 Å². The summed E-state index contributed by atoms with van der Waals surface area (Å²) in [5.74, 6) is -0.228. The van der Waals surface area contributed by atoms with Gasteiger partial charge >= 0.3 is 0 Å². The SMILES string of the molecule is OC(CSc1cccc(Br)c1)c1ccc(Br)c(Cl)c1F. The minimum absolute atomic E-state index is 0.00555. The third-order valence-corrected chi connectivity index (χ3v) is 5.45. The lowest BCUT2D eigenvalue weighted by Gasteiger charge is -2.13. The van der Waals surface area contributed by atoms with Crippen LogP contribution in [0.15, 0.2) is 50.2 Å². The maximum absolute atomic E-state index is 14.0. The van der Waals surface area contributed by atoms with Gasteiger partial charge in [-0.1, -0.05) is 39.7 Å². The minimum Gasteiger partial charge on any atom is -0.387 e. The quantitative estimate of drug-likeness (QED) is 0.477. The molecule has 0 aliphatic heterocycles. The Hall–Kier alpha value is -0.0700. The lowest BCUT2D eigenvalue weighted by molar-refractivity contribution is 0.199. The predicted octanol–water partition coefficient (Wildman–Crippen LogP) is 5.83. The highest BCUT2D eigenvalue weighted by molar-refractivity contribution is 9.10. The van der Waals surface area contributed by atoms with Crippen LogP contribution >= 0.6 is 55.2 Å². The lowest BCUT2D eigenvalue weighted by atomic mass is 10.1. The molecule has 20 heavy (non-hydrogen) atoms. The van der Waals surface area contributed by atoms with Gasteiger partial charge in [0.2, 0.25) is 0 Å². The maximum Gasteiger partial charge on any atom is 0.148 e. The Labute approximate surface area is 142 Å². The molecule has 1 unspecified atom stereocenters. The Morgan fingerprint density at radius 1 is 1.25 bits per heavy atom. The third-order valence-electron chi connectivity index (χ3n) is 2.63. The molecular weight excluding hydrogens is 430 g/mol. The predicted molar refractivity (Wildman–Crippen MR) is 88.9 cm³/mol. The standard InChI is InChI=1S/C14H10Br2ClFOS/c15-8-2-1-3-9(6-8)20-7-12(19)10-4-5-11(16)13(17)14(10)18/h1-6,12,19H,7H2. The van der Waals surface area contributed by atoms with Gasteiger partial charge in [0.25, 0.3) is 0 Å². The third kappa shape index (κ3) is 3.98. The monoisotopic (exact) mass is 438 g/mol. The van der Waals surface area contributed by atoms with E-state index >= 15 is 0 Å². The van der Waals surface area contributed by atoms with E-state index < -0.39 is 11.9 Å². The van der Waals surface area contributed by atoms with Crippen LogP contribution < -0.4 is 0 Å². The van der Waals surface area contributed by atoms with E-state index in [4.69, 9.17) is 11.6 Å². The number of aliphatic hydroxyl groups excluding tert-OH is 1. The molecule has 1 N–H and O–H groups in total. The van der Waals surface area contributed by atoms with E-state index in [2.05, 4.69) is 31.9 Å². The van der Waals surface area contributed by atoms with Crippen molar-refractivity contribution >= 4 is 55.2 Å². The molecule has 0 aliphatic carbocycles. The van der Waals surface area contributed by atoms with Crippen molar-refractivity contribution in [2.75, 3.05) is 5.75 Å². The molecule has 2 aromatic carbocycles. The van der Waals surface area contributed by atoms with Gasteiger partial charge in [0, 0.05) is 25.2 Å². The highest BCUT2D eigenvalue weighted by Crippen LogP contribution is 2.33. The number of rotatable bonds is 4. The van der Waals surface area contributed by atoms with E-state index in [0.717, 1.165) is 9.37 Å². The van der Waals surface area contributed by atoms with Crippen LogP contribution in [0.25, 0.3) is 0 Å². The zero-order valence-corrected chi connectivity index (χ0v) is 14.9. The van der Waals surface area contributed by atoms with Crippen molar-refractivity contribution in [1.29, 1.82) is 0 Å². The molecule has 0 amide bonds. The van der Waals surface area contributed by atoms with Gasteiger partial charge in [0.1, 0.15) is 5.82 Å². The zero-order valence-electron chi connectivity index (χ0n) is 10.1. The van der Waals surface area contributed by atoms with Gasteiger partial charge in [-0.05, 0) is 40.2 Å². The van der Waals surface area contributed by atoms with Gasteiger partial charge < -0.3 is 5.11 Å². The topological polar surface area (TPSA) is 20.2 Å². The molecule has 106 valence electrons. The summed E-state index contributed by atoms with van der Waals surface area (Å²) in [7, 11) is 0.